The molecule has 1 aliphatic heterocycles. The molecule has 0 saturated heterocycles. The lowest BCUT2D eigenvalue weighted by Gasteiger charge is -2.25. The zero-order valence-corrected chi connectivity index (χ0v) is 18.7. The van der Waals surface area contributed by atoms with E-state index in [-0.39, 0.29) is 16.7 Å². The molecule has 3 N–H and O–H groups in total. The minimum Gasteiger partial charge on any atom is -0.508 e. The van der Waals surface area contributed by atoms with Gasteiger partial charge in [0.05, 0.1) is 11.6 Å². The van der Waals surface area contributed by atoms with E-state index >= 15 is 0 Å². The highest BCUT2D eigenvalue weighted by Crippen LogP contribution is 2.42. The van der Waals surface area contributed by atoms with Crippen molar-refractivity contribution >= 4 is 23.7 Å². The van der Waals surface area contributed by atoms with Gasteiger partial charge in [0.15, 0.2) is 0 Å². The lowest BCUT2D eigenvalue weighted by Crippen LogP contribution is -2.25. The van der Waals surface area contributed by atoms with Crippen LogP contribution in [-0.4, -0.2) is 35.4 Å². The second-order valence-electron chi connectivity index (χ2n) is 7.63. The topological polar surface area (TPSA) is 114 Å². The number of rotatable bonds is 7. The van der Waals surface area contributed by atoms with E-state index in [0.717, 1.165) is 5.56 Å². The molecule has 0 fully saturated rings. The number of amides is 1. The maximum atomic E-state index is 12.4. The van der Waals surface area contributed by atoms with Crippen molar-refractivity contribution in [2.45, 2.75) is 18.9 Å². The summed E-state index contributed by atoms with van der Waals surface area (Å²) in [5.74, 6) is 1.21. The van der Waals surface area contributed by atoms with Crippen LogP contribution in [0.3, 0.4) is 0 Å². The molecule has 4 rings (SSSR count). The van der Waals surface area contributed by atoms with Crippen molar-refractivity contribution in [3.63, 3.8) is 0 Å². The molecule has 0 spiro atoms. The number of carbonyl (C=O) groups excluding carboxylic acids is 1. The summed E-state index contributed by atoms with van der Waals surface area (Å²) in [6.07, 6.45) is -1.03. The Bertz CT molecular complexity index is 1200. The number of carbonyl (C=O) groups is 2. The van der Waals surface area contributed by atoms with Gasteiger partial charge in [-0.15, -0.1) is 0 Å². The number of hydrogen-bond donors (Lipinski definition) is 3. The zero-order chi connectivity index (χ0) is 24.1. The zero-order valence-electron chi connectivity index (χ0n) is 18.0. The Hall–Kier alpha value is -3.91. The van der Waals surface area contributed by atoms with Crippen molar-refractivity contribution in [2.24, 2.45) is 0 Å². The van der Waals surface area contributed by atoms with Gasteiger partial charge in [0.2, 0.25) is 0 Å². The van der Waals surface area contributed by atoms with Crippen LogP contribution in [0.2, 0.25) is 5.02 Å². The molecule has 1 unspecified atom stereocenters. The molecule has 0 saturated carbocycles. The van der Waals surface area contributed by atoms with Gasteiger partial charge in [0.25, 0.3) is 5.91 Å². The lowest BCUT2D eigenvalue weighted by molar-refractivity contribution is 0.0326. The molecule has 9 heteroatoms. The molecule has 8 nitrogen and oxygen atoms in total. The molecule has 1 heterocycles. The standard InChI is InChI=1S/C25H22ClNO7/c26-20-13-19-21(34-25(30)31)9-11-32-22(19)14-23(20)33-18-6-4-16(5-7-18)24(29)27-10-8-15-2-1-3-17(28)12-15/h1-7,12-14,21,28H,8-11H2,(H,27,29)(H,30,31). The van der Waals surface area contributed by atoms with E-state index in [0.29, 0.717) is 54.4 Å². The van der Waals surface area contributed by atoms with E-state index in [1.165, 1.54) is 0 Å². The largest absolute Gasteiger partial charge is 0.508 e. The first kappa shape index (κ1) is 23.3. The molecule has 3 aromatic rings. The average molecular weight is 484 g/mol. The van der Waals surface area contributed by atoms with Gasteiger partial charge < -0.3 is 29.7 Å². The predicted molar refractivity (Wildman–Crippen MR) is 124 cm³/mol. The van der Waals surface area contributed by atoms with E-state index in [4.69, 9.17) is 30.9 Å². The van der Waals surface area contributed by atoms with E-state index in [2.05, 4.69) is 5.32 Å². The van der Waals surface area contributed by atoms with Gasteiger partial charge in [-0.1, -0.05) is 23.7 Å². The Morgan fingerprint density at radius 1 is 1.12 bits per heavy atom. The number of phenolic OH excluding ortho intramolecular Hbond substituents is 1. The lowest BCUT2D eigenvalue weighted by atomic mass is 10.0. The SMILES string of the molecule is O=C(O)OC1CCOc2cc(Oc3ccc(C(=O)NCCc4cccc(O)c4)cc3)c(Cl)cc21. The second kappa shape index (κ2) is 10.4. The van der Waals surface area contributed by atoms with Crippen LogP contribution >= 0.6 is 11.6 Å². The van der Waals surface area contributed by atoms with Crippen LogP contribution < -0.4 is 14.8 Å². The van der Waals surface area contributed by atoms with Gasteiger partial charge in [-0.25, -0.2) is 4.79 Å². The summed E-state index contributed by atoms with van der Waals surface area (Å²) in [7, 11) is 0. The molecule has 3 aromatic carbocycles. The maximum absolute atomic E-state index is 12.4. The Morgan fingerprint density at radius 2 is 1.91 bits per heavy atom. The van der Waals surface area contributed by atoms with Crippen molar-refractivity contribution in [1.82, 2.24) is 5.32 Å². The van der Waals surface area contributed by atoms with E-state index in [1.807, 2.05) is 6.07 Å². The monoisotopic (exact) mass is 483 g/mol. The molecule has 34 heavy (non-hydrogen) atoms. The number of fused-ring (bicyclic) bond motifs is 1. The van der Waals surface area contributed by atoms with E-state index in [9.17, 15) is 14.7 Å². The molecular weight excluding hydrogens is 462 g/mol. The molecule has 0 bridgehead atoms. The summed E-state index contributed by atoms with van der Waals surface area (Å²) in [4.78, 5) is 23.3. The fourth-order valence-electron chi connectivity index (χ4n) is 3.62. The van der Waals surface area contributed by atoms with Gasteiger partial charge in [-0.05, 0) is 54.4 Å². The molecule has 176 valence electrons. The van der Waals surface area contributed by atoms with Crippen LogP contribution in [-0.2, 0) is 11.2 Å². The average Bonchev–Trinajstić information content (AvgIpc) is 2.80. The normalized spacial score (nSPS) is 14.4. The van der Waals surface area contributed by atoms with E-state index in [1.54, 1.807) is 54.6 Å². The van der Waals surface area contributed by atoms with Crippen molar-refractivity contribution < 1.29 is 34.0 Å². The predicted octanol–water partition coefficient (Wildman–Crippen LogP) is 5.33. The molecule has 0 aliphatic carbocycles. The number of hydrogen-bond acceptors (Lipinski definition) is 6. The van der Waals surface area contributed by atoms with Gasteiger partial charge >= 0.3 is 6.16 Å². The molecule has 1 atom stereocenters. The highest BCUT2D eigenvalue weighted by atomic mass is 35.5. The molecule has 0 radical (unpaired) electrons. The number of nitrogens with one attached hydrogen (secondary N) is 1. The van der Waals surface area contributed by atoms with E-state index < -0.39 is 12.3 Å². The molecule has 1 aliphatic rings. The Kier molecular flexibility index (Phi) is 7.08. The number of carboxylic acid groups (broad SMARTS) is 1. The van der Waals surface area contributed by atoms with Crippen LogP contribution in [0.5, 0.6) is 23.0 Å². The minimum atomic E-state index is -1.36. The fraction of sp³-hybridized carbons (Fsp3) is 0.200. The third kappa shape index (κ3) is 5.71. The maximum Gasteiger partial charge on any atom is 0.506 e. The van der Waals surface area contributed by atoms with Gasteiger partial charge in [0.1, 0.15) is 29.1 Å². The number of halogens is 1. The Morgan fingerprint density at radius 3 is 2.65 bits per heavy atom. The highest BCUT2D eigenvalue weighted by molar-refractivity contribution is 6.32. The Balaban J connectivity index is 1.37. The number of ether oxygens (including phenoxy) is 3. The molecule has 1 amide bonds. The second-order valence-corrected chi connectivity index (χ2v) is 8.04. The summed E-state index contributed by atoms with van der Waals surface area (Å²) < 4.78 is 16.4. The minimum absolute atomic E-state index is 0.193. The fourth-order valence-corrected chi connectivity index (χ4v) is 3.83. The van der Waals surface area contributed by atoms with Crippen LogP contribution in [0, 0.1) is 0 Å². The summed E-state index contributed by atoms with van der Waals surface area (Å²) in [6.45, 7) is 0.735. The van der Waals surface area contributed by atoms with Crippen molar-refractivity contribution in [2.75, 3.05) is 13.2 Å². The molecular formula is C25H22ClNO7. The number of aromatic hydroxyl groups is 1. The van der Waals surface area contributed by atoms with Crippen LogP contribution in [0.15, 0.2) is 60.7 Å². The van der Waals surface area contributed by atoms with Crippen LogP contribution in [0.4, 0.5) is 4.79 Å². The van der Waals surface area contributed by atoms with Gasteiger partial charge in [0, 0.05) is 30.2 Å². The molecule has 0 aromatic heterocycles. The summed E-state index contributed by atoms with van der Waals surface area (Å²) in [5, 5.41) is 21.6. The third-order valence-corrected chi connectivity index (χ3v) is 5.54. The summed E-state index contributed by atoms with van der Waals surface area (Å²) >= 11 is 6.35. The van der Waals surface area contributed by atoms with Crippen molar-refractivity contribution in [3.8, 4) is 23.0 Å². The Labute approximate surface area is 200 Å². The van der Waals surface area contributed by atoms with Gasteiger partial charge in [-0.2, -0.15) is 0 Å². The first-order chi connectivity index (χ1) is 16.4. The van der Waals surface area contributed by atoms with Crippen molar-refractivity contribution in [1.29, 1.82) is 0 Å². The summed E-state index contributed by atoms with van der Waals surface area (Å²) in [5.41, 5.74) is 1.94. The smallest absolute Gasteiger partial charge is 0.506 e. The first-order valence-corrected chi connectivity index (χ1v) is 11.0. The summed E-state index contributed by atoms with van der Waals surface area (Å²) in [6, 6.07) is 16.6. The number of phenols is 1. The van der Waals surface area contributed by atoms with Crippen LogP contribution in [0.25, 0.3) is 0 Å². The number of benzene rings is 3. The first-order valence-electron chi connectivity index (χ1n) is 10.6. The van der Waals surface area contributed by atoms with Crippen LogP contribution in [0.1, 0.15) is 34.0 Å². The van der Waals surface area contributed by atoms with Gasteiger partial charge in [-0.3, -0.25) is 4.79 Å². The van der Waals surface area contributed by atoms with Crippen molar-refractivity contribution in [3.05, 3.63) is 82.4 Å². The quantitative estimate of drug-likeness (QED) is 0.389. The third-order valence-electron chi connectivity index (χ3n) is 5.25. The highest BCUT2D eigenvalue weighted by Gasteiger charge is 2.27.